The van der Waals surface area contributed by atoms with Crippen LogP contribution in [0.2, 0.25) is 0 Å². The minimum atomic E-state index is -0.786. The Balaban J connectivity index is 1.82. The van der Waals surface area contributed by atoms with Gasteiger partial charge in [-0.15, -0.1) is 0 Å². The molecule has 0 fully saturated rings. The van der Waals surface area contributed by atoms with Crippen molar-refractivity contribution >= 4 is 17.9 Å². The van der Waals surface area contributed by atoms with Crippen LogP contribution in [0.3, 0.4) is 0 Å². The Morgan fingerprint density at radius 1 is 1.12 bits per heavy atom. The molecule has 2 N–H and O–H groups in total. The predicted octanol–water partition coefficient (Wildman–Crippen LogP) is 3.68. The second kappa shape index (κ2) is 8.52. The number of hydrogen-bond acceptors (Lipinski definition) is 4. The van der Waals surface area contributed by atoms with Crippen LogP contribution in [0.25, 0.3) is 0 Å². The van der Waals surface area contributed by atoms with E-state index in [1.807, 2.05) is 0 Å². The second-order valence-corrected chi connectivity index (χ2v) is 4.75. The fraction of sp³-hybridized carbons (Fsp3) is 0.176. The van der Waals surface area contributed by atoms with Gasteiger partial charge in [-0.1, -0.05) is 12.1 Å². The number of rotatable bonds is 5. The molecular formula is C17H17FN2O4. The van der Waals surface area contributed by atoms with Gasteiger partial charge in [0.15, 0.2) is 0 Å². The van der Waals surface area contributed by atoms with Gasteiger partial charge in [-0.25, -0.2) is 14.0 Å². The third kappa shape index (κ3) is 5.60. The van der Waals surface area contributed by atoms with Crippen molar-refractivity contribution < 1.29 is 23.5 Å². The van der Waals surface area contributed by atoms with E-state index in [9.17, 15) is 14.0 Å². The summed E-state index contributed by atoms with van der Waals surface area (Å²) in [5, 5.41) is 5.23. The van der Waals surface area contributed by atoms with E-state index in [1.54, 1.807) is 31.2 Å². The minimum absolute atomic E-state index is 0.202. The molecule has 24 heavy (non-hydrogen) atoms. The maximum atomic E-state index is 13.0. The lowest BCUT2D eigenvalue weighted by atomic mass is 10.2. The van der Waals surface area contributed by atoms with Gasteiger partial charge >= 0.3 is 12.2 Å². The molecular weight excluding hydrogens is 315 g/mol. The first-order chi connectivity index (χ1) is 11.6. The number of halogens is 1. The van der Waals surface area contributed by atoms with Gasteiger partial charge in [0.05, 0.1) is 6.61 Å². The summed E-state index contributed by atoms with van der Waals surface area (Å²) >= 11 is 0. The Bertz CT molecular complexity index is 704. The Kier molecular flexibility index (Phi) is 6.13. The standard InChI is InChI=1S/C17H17FN2O4/c1-2-23-17(22)24-15-8-6-14(7-9-15)20-16(21)19-11-12-4-3-5-13(18)10-12/h3-10H,2,11H2,1H3,(H2,19,20,21). The lowest BCUT2D eigenvalue weighted by Crippen LogP contribution is -2.28. The maximum absolute atomic E-state index is 13.0. The number of ether oxygens (including phenoxy) is 2. The number of benzene rings is 2. The zero-order valence-electron chi connectivity index (χ0n) is 13.0. The Labute approximate surface area is 138 Å². The predicted molar refractivity (Wildman–Crippen MR) is 86.4 cm³/mol. The SMILES string of the molecule is CCOC(=O)Oc1ccc(NC(=O)NCc2cccc(F)c2)cc1. The van der Waals surface area contributed by atoms with Gasteiger partial charge in [0.25, 0.3) is 0 Å². The highest BCUT2D eigenvalue weighted by Gasteiger charge is 2.06. The first-order valence-electron chi connectivity index (χ1n) is 7.31. The zero-order chi connectivity index (χ0) is 17.4. The number of anilines is 1. The topological polar surface area (TPSA) is 76.7 Å². The quantitative estimate of drug-likeness (QED) is 0.647. The van der Waals surface area contributed by atoms with Crippen LogP contribution in [0, 0.1) is 5.82 Å². The summed E-state index contributed by atoms with van der Waals surface area (Å²) in [6.07, 6.45) is -0.786. The maximum Gasteiger partial charge on any atom is 0.513 e. The minimum Gasteiger partial charge on any atom is -0.434 e. The number of nitrogens with one attached hydrogen (secondary N) is 2. The molecule has 2 amide bonds. The summed E-state index contributed by atoms with van der Waals surface area (Å²) in [5.74, 6) is -0.0499. The van der Waals surface area contributed by atoms with Gasteiger partial charge in [-0.05, 0) is 48.9 Å². The molecule has 0 radical (unpaired) electrons. The third-order valence-electron chi connectivity index (χ3n) is 2.92. The molecule has 0 aromatic heterocycles. The van der Waals surface area contributed by atoms with Crippen molar-refractivity contribution in [3.8, 4) is 5.75 Å². The first kappa shape index (κ1) is 17.3. The number of carbonyl (C=O) groups is 2. The summed E-state index contributed by atoms with van der Waals surface area (Å²) in [6, 6.07) is 11.8. The number of urea groups is 1. The van der Waals surface area contributed by atoms with Crippen LogP contribution >= 0.6 is 0 Å². The second-order valence-electron chi connectivity index (χ2n) is 4.75. The van der Waals surface area contributed by atoms with Gasteiger partial charge in [0.2, 0.25) is 0 Å². The average molecular weight is 332 g/mol. The molecule has 0 saturated carbocycles. The summed E-state index contributed by atoms with van der Waals surface area (Å²) in [5.41, 5.74) is 1.17. The fourth-order valence-electron chi connectivity index (χ4n) is 1.85. The molecule has 2 aromatic rings. The lowest BCUT2D eigenvalue weighted by molar-refractivity contribution is 0.104. The number of carbonyl (C=O) groups excluding carboxylic acids is 2. The molecule has 0 aliphatic carbocycles. The largest absolute Gasteiger partial charge is 0.513 e. The molecule has 0 unspecified atom stereocenters. The highest BCUT2D eigenvalue weighted by molar-refractivity contribution is 5.89. The zero-order valence-corrected chi connectivity index (χ0v) is 13.0. The van der Waals surface area contributed by atoms with Crippen LogP contribution in [0.4, 0.5) is 19.7 Å². The normalized spacial score (nSPS) is 9.92. The monoisotopic (exact) mass is 332 g/mol. The molecule has 0 spiro atoms. The van der Waals surface area contributed by atoms with E-state index in [2.05, 4.69) is 15.4 Å². The van der Waals surface area contributed by atoms with Crippen LogP contribution in [0.1, 0.15) is 12.5 Å². The number of hydrogen-bond donors (Lipinski definition) is 2. The van der Waals surface area contributed by atoms with Gasteiger partial charge < -0.3 is 20.1 Å². The van der Waals surface area contributed by atoms with Crippen LogP contribution in [0.5, 0.6) is 5.75 Å². The van der Waals surface area contributed by atoms with Gasteiger partial charge in [0, 0.05) is 12.2 Å². The van der Waals surface area contributed by atoms with Crippen molar-refractivity contribution in [2.45, 2.75) is 13.5 Å². The van der Waals surface area contributed by atoms with Crippen LogP contribution < -0.4 is 15.4 Å². The van der Waals surface area contributed by atoms with Crippen molar-refractivity contribution in [2.24, 2.45) is 0 Å². The Hall–Kier alpha value is -3.09. The van der Waals surface area contributed by atoms with Gasteiger partial charge in [-0.3, -0.25) is 0 Å². The van der Waals surface area contributed by atoms with E-state index in [4.69, 9.17) is 4.74 Å². The summed E-state index contributed by atoms with van der Waals surface area (Å²) in [7, 11) is 0. The highest BCUT2D eigenvalue weighted by Crippen LogP contribution is 2.16. The molecule has 6 nitrogen and oxygen atoms in total. The van der Waals surface area contributed by atoms with E-state index in [0.717, 1.165) is 0 Å². The lowest BCUT2D eigenvalue weighted by Gasteiger charge is -2.09. The molecule has 126 valence electrons. The van der Waals surface area contributed by atoms with E-state index in [-0.39, 0.29) is 19.0 Å². The molecule has 7 heteroatoms. The summed E-state index contributed by atoms with van der Waals surface area (Å²) in [4.78, 5) is 23.0. The Morgan fingerprint density at radius 3 is 2.54 bits per heavy atom. The van der Waals surface area contributed by atoms with Crippen molar-refractivity contribution in [3.05, 3.63) is 59.9 Å². The van der Waals surface area contributed by atoms with Crippen molar-refractivity contribution in [1.29, 1.82) is 0 Å². The molecule has 2 rings (SSSR count). The van der Waals surface area contributed by atoms with Crippen LogP contribution in [0.15, 0.2) is 48.5 Å². The molecule has 0 bridgehead atoms. The first-order valence-corrected chi connectivity index (χ1v) is 7.31. The van der Waals surface area contributed by atoms with Gasteiger partial charge in [-0.2, -0.15) is 0 Å². The molecule has 0 aliphatic rings. The van der Waals surface area contributed by atoms with E-state index < -0.39 is 12.2 Å². The van der Waals surface area contributed by atoms with Gasteiger partial charge in [0.1, 0.15) is 11.6 Å². The number of amides is 2. The molecule has 0 atom stereocenters. The smallest absolute Gasteiger partial charge is 0.434 e. The molecule has 0 heterocycles. The van der Waals surface area contributed by atoms with Crippen molar-refractivity contribution in [3.63, 3.8) is 0 Å². The van der Waals surface area contributed by atoms with Crippen molar-refractivity contribution in [1.82, 2.24) is 5.32 Å². The third-order valence-corrected chi connectivity index (χ3v) is 2.92. The Morgan fingerprint density at radius 2 is 1.88 bits per heavy atom. The molecule has 0 saturated heterocycles. The van der Waals surface area contributed by atoms with E-state index >= 15 is 0 Å². The summed E-state index contributed by atoms with van der Waals surface area (Å²) in [6.45, 7) is 2.11. The van der Waals surface area contributed by atoms with Crippen LogP contribution in [-0.2, 0) is 11.3 Å². The van der Waals surface area contributed by atoms with Crippen LogP contribution in [-0.4, -0.2) is 18.8 Å². The van der Waals surface area contributed by atoms with E-state index in [0.29, 0.717) is 17.0 Å². The average Bonchev–Trinajstić information content (AvgIpc) is 2.55. The summed E-state index contributed by atoms with van der Waals surface area (Å²) < 4.78 is 22.6. The molecule has 2 aromatic carbocycles. The molecule has 0 aliphatic heterocycles. The fourth-order valence-corrected chi connectivity index (χ4v) is 1.85. The van der Waals surface area contributed by atoms with Crippen molar-refractivity contribution in [2.75, 3.05) is 11.9 Å². The van der Waals surface area contributed by atoms with E-state index in [1.165, 1.54) is 24.3 Å². The highest BCUT2D eigenvalue weighted by atomic mass is 19.1.